The number of benzene rings is 1. The number of piperazine rings is 1. The van der Waals surface area contributed by atoms with Crippen molar-refractivity contribution in [2.24, 2.45) is 0 Å². The predicted molar refractivity (Wildman–Crippen MR) is 142 cm³/mol. The van der Waals surface area contributed by atoms with Crippen molar-refractivity contribution in [1.82, 2.24) is 29.4 Å². The number of aromatic nitrogens is 5. The van der Waals surface area contributed by atoms with Crippen molar-refractivity contribution in [3.05, 3.63) is 36.9 Å². The van der Waals surface area contributed by atoms with Crippen LogP contribution in [0, 0.1) is 0 Å². The zero-order chi connectivity index (χ0) is 23.9. The lowest BCUT2D eigenvalue weighted by atomic mass is 10.2. The molecule has 5 heterocycles. The minimum Gasteiger partial charge on any atom is -0.370 e. The van der Waals surface area contributed by atoms with Crippen LogP contribution < -0.4 is 15.1 Å². The van der Waals surface area contributed by atoms with Crippen LogP contribution in [0.3, 0.4) is 0 Å². The number of nitrogens with one attached hydrogen (secondary N) is 1. The van der Waals surface area contributed by atoms with E-state index in [4.69, 9.17) is 9.97 Å². The first-order chi connectivity index (χ1) is 17.1. The molecular weight excluding hydrogens is 438 g/mol. The molecule has 4 aromatic rings. The standard InChI is InChI=1S/C26H33N9/c1-18(2)35-17-29-20-7-6-19-15-28-26(31-24(19)25(20)35)30-23-14-21(33-8-4-5-9-33)22(16-27-23)34-12-10-32(3)11-13-34/h6-7,14-18H,4-5,8-13H2,1-3H3,(H,27,28,30,31). The summed E-state index contributed by atoms with van der Waals surface area (Å²) < 4.78 is 2.17. The fraction of sp³-hybridized carbons (Fsp3) is 0.462. The summed E-state index contributed by atoms with van der Waals surface area (Å²) in [5, 5.41) is 4.39. The minimum atomic E-state index is 0.295. The number of hydrogen-bond acceptors (Lipinski definition) is 8. The van der Waals surface area contributed by atoms with E-state index >= 15 is 0 Å². The summed E-state index contributed by atoms with van der Waals surface area (Å²) in [5.74, 6) is 1.32. The van der Waals surface area contributed by atoms with Gasteiger partial charge in [0.1, 0.15) is 11.3 Å². The first-order valence-electron chi connectivity index (χ1n) is 12.6. The quantitative estimate of drug-likeness (QED) is 0.467. The van der Waals surface area contributed by atoms with Crippen molar-refractivity contribution in [3.8, 4) is 0 Å². The Kier molecular flexibility index (Phi) is 5.64. The maximum Gasteiger partial charge on any atom is 0.228 e. The third kappa shape index (κ3) is 4.14. The fourth-order valence-corrected chi connectivity index (χ4v) is 5.19. The van der Waals surface area contributed by atoms with Crippen molar-refractivity contribution in [2.45, 2.75) is 32.7 Å². The van der Waals surface area contributed by atoms with Crippen LogP contribution in [0.25, 0.3) is 21.9 Å². The van der Waals surface area contributed by atoms with Crippen LogP contribution in [-0.4, -0.2) is 75.7 Å². The molecule has 1 N–H and O–H groups in total. The molecule has 0 aliphatic carbocycles. The molecule has 0 radical (unpaired) electrons. The molecule has 0 amide bonds. The van der Waals surface area contributed by atoms with Crippen molar-refractivity contribution in [1.29, 1.82) is 0 Å². The second-order valence-electron chi connectivity index (χ2n) is 9.98. The van der Waals surface area contributed by atoms with E-state index in [2.05, 4.69) is 61.5 Å². The van der Waals surface area contributed by atoms with Gasteiger partial charge in [0.15, 0.2) is 0 Å². The van der Waals surface area contributed by atoms with Gasteiger partial charge in [-0.3, -0.25) is 0 Å². The van der Waals surface area contributed by atoms with Crippen LogP contribution in [0.15, 0.2) is 36.9 Å². The van der Waals surface area contributed by atoms with Crippen LogP contribution in [0.4, 0.5) is 23.1 Å². The molecule has 0 saturated carbocycles. The van der Waals surface area contributed by atoms with Gasteiger partial charge in [0.2, 0.25) is 5.95 Å². The fourth-order valence-electron chi connectivity index (χ4n) is 5.19. The lowest BCUT2D eigenvalue weighted by molar-refractivity contribution is 0.313. The molecule has 0 bridgehead atoms. The number of anilines is 4. The number of fused-ring (bicyclic) bond motifs is 3. The van der Waals surface area contributed by atoms with Crippen LogP contribution in [0.1, 0.15) is 32.7 Å². The van der Waals surface area contributed by atoms with Crippen molar-refractivity contribution in [2.75, 3.05) is 61.4 Å². The van der Waals surface area contributed by atoms with Gasteiger partial charge in [-0.1, -0.05) is 0 Å². The molecule has 3 aromatic heterocycles. The van der Waals surface area contributed by atoms with Crippen LogP contribution in [0.2, 0.25) is 0 Å². The molecule has 9 heteroatoms. The predicted octanol–water partition coefficient (Wildman–Crippen LogP) is 4.05. The summed E-state index contributed by atoms with van der Waals surface area (Å²) in [4.78, 5) is 26.2. The highest BCUT2D eigenvalue weighted by atomic mass is 15.3. The normalized spacial score (nSPS) is 17.3. The summed E-state index contributed by atoms with van der Waals surface area (Å²) in [5.41, 5.74) is 5.37. The summed E-state index contributed by atoms with van der Waals surface area (Å²) >= 11 is 0. The van der Waals surface area contributed by atoms with Gasteiger partial charge in [0.25, 0.3) is 0 Å². The molecule has 2 saturated heterocycles. The zero-order valence-corrected chi connectivity index (χ0v) is 20.8. The Hall–Kier alpha value is -3.46. The van der Waals surface area contributed by atoms with Gasteiger partial charge in [-0.2, -0.15) is 0 Å². The Balaban J connectivity index is 1.36. The molecule has 2 aliphatic heterocycles. The molecule has 1 aromatic carbocycles. The van der Waals surface area contributed by atoms with Gasteiger partial charge in [-0.05, 0) is 45.9 Å². The number of nitrogens with zero attached hydrogens (tertiary/aromatic N) is 8. The highest BCUT2D eigenvalue weighted by molar-refractivity contribution is 6.02. The number of likely N-dealkylation sites (N-methyl/N-ethyl adjacent to an activating group) is 1. The first kappa shape index (κ1) is 22.0. The summed E-state index contributed by atoms with van der Waals surface area (Å²) in [6.45, 7) is 10.7. The molecule has 6 rings (SSSR count). The lowest BCUT2D eigenvalue weighted by Crippen LogP contribution is -2.45. The van der Waals surface area contributed by atoms with Gasteiger partial charge in [0, 0.05) is 63.0 Å². The number of rotatable bonds is 5. The summed E-state index contributed by atoms with van der Waals surface area (Å²) in [7, 11) is 2.19. The van der Waals surface area contributed by atoms with E-state index in [-0.39, 0.29) is 0 Å². The van der Waals surface area contributed by atoms with Gasteiger partial charge in [-0.15, -0.1) is 0 Å². The van der Waals surface area contributed by atoms with E-state index in [9.17, 15) is 0 Å². The Bertz CT molecular complexity index is 1350. The monoisotopic (exact) mass is 471 g/mol. The van der Waals surface area contributed by atoms with E-state index in [1.807, 2.05) is 30.9 Å². The average Bonchev–Trinajstić information content (AvgIpc) is 3.55. The van der Waals surface area contributed by atoms with E-state index in [0.29, 0.717) is 12.0 Å². The zero-order valence-electron chi connectivity index (χ0n) is 20.8. The van der Waals surface area contributed by atoms with E-state index in [0.717, 1.165) is 67.0 Å². The Labute approximate surface area is 205 Å². The molecule has 0 atom stereocenters. The SMILES string of the molecule is CC(C)n1cnc2ccc3cnc(Nc4cc(N5CCCC5)c(N5CCN(C)CC5)cn4)nc3c21. The molecule has 9 nitrogen and oxygen atoms in total. The van der Waals surface area contributed by atoms with E-state index in [1.54, 1.807) is 0 Å². The molecule has 35 heavy (non-hydrogen) atoms. The van der Waals surface area contributed by atoms with Crippen LogP contribution >= 0.6 is 0 Å². The molecule has 2 aliphatic rings. The van der Waals surface area contributed by atoms with Crippen molar-refractivity contribution in [3.63, 3.8) is 0 Å². The second kappa shape index (κ2) is 8.96. The third-order valence-electron chi connectivity index (χ3n) is 7.23. The Morgan fingerprint density at radius 2 is 1.63 bits per heavy atom. The maximum atomic E-state index is 4.91. The van der Waals surface area contributed by atoms with Gasteiger partial charge < -0.3 is 24.6 Å². The van der Waals surface area contributed by atoms with Crippen LogP contribution in [-0.2, 0) is 0 Å². The highest BCUT2D eigenvalue weighted by Crippen LogP contribution is 2.34. The van der Waals surface area contributed by atoms with Crippen LogP contribution in [0.5, 0.6) is 0 Å². The molecule has 0 spiro atoms. The Morgan fingerprint density at radius 3 is 2.40 bits per heavy atom. The van der Waals surface area contributed by atoms with Crippen molar-refractivity contribution >= 4 is 45.1 Å². The van der Waals surface area contributed by atoms with E-state index < -0.39 is 0 Å². The first-order valence-corrected chi connectivity index (χ1v) is 12.6. The van der Waals surface area contributed by atoms with E-state index in [1.165, 1.54) is 24.2 Å². The largest absolute Gasteiger partial charge is 0.370 e. The lowest BCUT2D eigenvalue weighted by Gasteiger charge is -2.36. The second-order valence-corrected chi connectivity index (χ2v) is 9.98. The molecule has 182 valence electrons. The highest BCUT2D eigenvalue weighted by Gasteiger charge is 2.23. The number of imidazole rings is 1. The van der Waals surface area contributed by atoms with Gasteiger partial charge in [0.05, 0.1) is 34.9 Å². The molecular formula is C26H33N9. The maximum absolute atomic E-state index is 4.91. The minimum absolute atomic E-state index is 0.295. The topological polar surface area (TPSA) is 78.2 Å². The number of pyridine rings is 1. The Morgan fingerprint density at radius 1 is 0.857 bits per heavy atom. The molecule has 0 unspecified atom stereocenters. The average molecular weight is 472 g/mol. The third-order valence-corrected chi connectivity index (χ3v) is 7.23. The number of hydrogen-bond donors (Lipinski definition) is 1. The smallest absolute Gasteiger partial charge is 0.228 e. The van der Waals surface area contributed by atoms with Gasteiger partial charge in [-0.25, -0.2) is 19.9 Å². The summed E-state index contributed by atoms with van der Waals surface area (Å²) in [6.07, 6.45) is 8.27. The summed E-state index contributed by atoms with van der Waals surface area (Å²) in [6, 6.07) is 6.54. The van der Waals surface area contributed by atoms with Crippen molar-refractivity contribution < 1.29 is 0 Å². The van der Waals surface area contributed by atoms with Gasteiger partial charge >= 0.3 is 0 Å². The molecule has 2 fully saturated rings.